The predicted octanol–water partition coefficient (Wildman–Crippen LogP) is 4.44. The van der Waals surface area contributed by atoms with E-state index >= 15 is 0 Å². The number of carbonyl (C=O) groups is 1. The van der Waals surface area contributed by atoms with Gasteiger partial charge in [-0.05, 0) is 78.5 Å². The Morgan fingerprint density at radius 2 is 1.77 bits per heavy atom. The van der Waals surface area contributed by atoms with Crippen molar-refractivity contribution < 1.29 is 9.90 Å². The van der Waals surface area contributed by atoms with Crippen LogP contribution < -0.4 is 0 Å². The lowest BCUT2D eigenvalue weighted by Crippen LogP contribution is -2.26. The summed E-state index contributed by atoms with van der Waals surface area (Å²) in [5.41, 5.74) is 3.87. The van der Waals surface area contributed by atoms with Crippen molar-refractivity contribution in [2.45, 2.75) is 38.3 Å². The summed E-state index contributed by atoms with van der Waals surface area (Å²) >= 11 is 0. The summed E-state index contributed by atoms with van der Waals surface area (Å²) in [6.45, 7) is 0.539. The number of benzene rings is 1. The number of aliphatic hydroxyl groups is 1. The molecule has 0 spiro atoms. The van der Waals surface area contributed by atoms with Gasteiger partial charge in [-0.25, -0.2) is 0 Å². The van der Waals surface area contributed by atoms with Gasteiger partial charge < -0.3 is 10.0 Å². The molecule has 31 heavy (non-hydrogen) atoms. The summed E-state index contributed by atoms with van der Waals surface area (Å²) in [6.07, 6.45) is 10.7. The summed E-state index contributed by atoms with van der Waals surface area (Å²) < 4.78 is 0. The highest BCUT2D eigenvalue weighted by atomic mass is 16.3. The Bertz CT molecular complexity index is 977. The minimum absolute atomic E-state index is 0.0101. The Morgan fingerprint density at radius 3 is 2.45 bits per heavy atom. The first-order valence-corrected chi connectivity index (χ1v) is 10.9. The van der Waals surface area contributed by atoms with E-state index in [9.17, 15) is 9.90 Å². The Morgan fingerprint density at radius 1 is 1.03 bits per heavy atom. The summed E-state index contributed by atoms with van der Waals surface area (Å²) in [6, 6.07) is 15.7. The monoisotopic (exact) mass is 415 g/mol. The number of hydrogen-bond donors (Lipinski definition) is 1. The molecule has 5 nitrogen and oxygen atoms in total. The van der Waals surface area contributed by atoms with Crippen molar-refractivity contribution >= 4 is 5.91 Å². The number of aromatic nitrogens is 2. The first-order chi connectivity index (χ1) is 15.1. The Kier molecular flexibility index (Phi) is 6.73. The first kappa shape index (κ1) is 21.2. The zero-order valence-corrected chi connectivity index (χ0v) is 17.9. The Hall–Kier alpha value is -3.05. The predicted molar refractivity (Wildman–Crippen MR) is 120 cm³/mol. The molecule has 1 aliphatic rings. The summed E-state index contributed by atoms with van der Waals surface area (Å²) in [5, 5.41) is 10.7. The molecule has 1 saturated carbocycles. The maximum Gasteiger partial charge on any atom is 0.253 e. The molecule has 2 aromatic heterocycles. The van der Waals surface area contributed by atoms with Crippen LogP contribution in [-0.4, -0.2) is 32.9 Å². The molecule has 0 unspecified atom stereocenters. The molecule has 1 amide bonds. The van der Waals surface area contributed by atoms with Crippen LogP contribution in [0.1, 0.15) is 52.4 Å². The Balaban J connectivity index is 1.31. The lowest BCUT2D eigenvalue weighted by Gasteiger charge is -2.19. The van der Waals surface area contributed by atoms with Gasteiger partial charge in [0.2, 0.25) is 0 Å². The fourth-order valence-electron chi connectivity index (χ4n) is 4.58. The molecule has 1 aliphatic carbocycles. The van der Waals surface area contributed by atoms with Crippen molar-refractivity contribution in [2.75, 3.05) is 7.05 Å². The summed E-state index contributed by atoms with van der Waals surface area (Å²) in [4.78, 5) is 22.7. The van der Waals surface area contributed by atoms with Gasteiger partial charge in [0, 0.05) is 43.9 Å². The molecule has 1 N–H and O–H groups in total. The number of nitrogens with zero attached hydrogens (tertiary/aromatic N) is 3. The molecule has 3 aromatic rings. The third-order valence-corrected chi connectivity index (χ3v) is 6.27. The van der Waals surface area contributed by atoms with Crippen LogP contribution in [0.25, 0.3) is 0 Å². The van der Waals surface area contributed by atoms with Gasteiger partial charge in [-0.1, -0.05) is 24.3 Å². The summed E-state index contributed by atoms with van der Waals surface area (Å²) in [5.74, 6) is 0.859. The van der Waals surface area contributed by atoms with E-state index < -0.39 is 6.10 Å². The van der Waals surface area contributed by atoms with E-state index in [1.807, 2.05) is 43.4 Å². The van der Waals surface area contributed by atoms with Gasteiger partial charge in [0.25, 0.3) is 5.91 Å². The number of carbonyl (C=O) groups excluding carboxylic acids is 1. The molecular weight excluding hydrogens is 386 g/mol. The fourth-order valence-corrected chi connectivity index (χ4v) is 4.58. The van der Waals surface area contributed by atoms with E-state index in [-0.39, 0.29) is 11.8 Å². The van der Waals surface area contributed by atoms with Gasteiger partial charge in [0.15, 0.2) is 0 Å². The van der Waals surface area contributed by atoms with E-state index in [4.69, 9.17) is 0 Å². The second-order valence-electron chi connectivity index (χ2n) is 8.59. The van der Waals surface area contributed by atoms with Crippen LogP contribution in [0.2, 0.25) is 0 Å². The van der Waals surface area contributed by atoms with Crippen molar-refractivity contribution in [1.29, 1.82) is 0 Å². The SMILES string of the molecule is CN(Cc1cccnc1)C(=O)c1ccc(C[C@@H]2CC[C@H]([C@H](O)c3cccnc3)C2)cc1. The van der Waals surface area contributed by atoms with Crippen molar-refractivity contribution in [3.63, 3.8) is 0 Å². The molecule has 160 valence electrons. The highest BCUT2D eigenvalue weighted by Gasteiger charge is 2.30. The zero-order chi connectivity index (χ0) is 21.6. The third kappa shape index (κ3) is 5.36. The molecule has 0 radical (unpaired) electrons. The second-order valence-corrected chi connectivity index (χ2v) is 8.59. The molecule has 1 aromatic carbocycles. The summed E-state index contributed by atoms with van der Waals surface area (Å²) in [7, 11) is 1.81. The fraction of sp³-hybridized carbons (Fsp3) is 0.346. The molecule has 1 fully saturated rings. The number of amides is 1. The van der Waals surface area contributed by atoms with Gasteiger partial charge in [0.05, 0.1) is 6.10 Å². The number of aliphatic hydroxyl groups excluding tert-OH is 1. The van der Waals surface area contributed by atoms with E-state index in [1.165, 1.54) is 5.56 Å². The lowest BCUT2D eigenvalue weighted by atomic mass is 9.92. The molecule has 0 aliphatic heterocycles. The molecule has 2 heterocycles. The maximum atomic E-state index is 12.7. The molecule has 3 atom stereocenters. The van der Waals surface area contributed by atoms with Gasteiger partial charge in [-0.2, -0.15) is 0 Å². The smallest absolute Gasteiger partial charge is 0.253 e. The number of hydrogen-bond acceptors (Lipinski definition) is 4. The van der Waals surface area contributed by atoms with E-state index in [2.05, 4.69) is 22.1 Å². The second kappa shape index (κ2) is 9.84. The van der Waals surface area contributed by atoms with Gasteiger partial charge in [-0.15, -0.1) is 0 Å². The van der Waals surface area contributed by atoms with Crippen LogP contribution in [0.4, 0.5) is 0 Å². The standard InChI is InChI=1S/C26H29N3O2/c1-29(18-21-4-2-12-27-16-21)26(31)22-9-6-19(7-10-22)14-20-8-11-23(15-20)25(30)24-5-3-13-28-17-24/h2-7,9-10,12-13,16-17,20,23,25,30H,8,11,14-15,18H2,1H3/t20-,23-,25-/m0/s1. The minimum atomic E-state index is -0.436. The van der Waals surface area contributed by atoms with Crippen molar-refractivity contribution in [1.82, 2.24) is 14.9 Å². The first-order valence-electron chi connectivity index (χ1n) is 10.9. The average Bonchev–Trinajstić information content (AvgIpc) is 3.28. The minimum Gasteiger partial charge on any atom is -0.388 e. The number of pyridine rings is 2. The molecule has 5 heteroatoms. The molecular formula is C26H29N3O2. The van der Waals surface area contributed by atoms with Crippen LogP contribution in [0, 0.1) is 11.8 Å². The van der Waals surface area contributed by atoms with Crippen LogP contribution in [-0.2, 0) is 13.0 Å². The van der Waals surface area contributed by atoms with Gasteiger partial charge >= 0.3 is 0 Å². The molecule has 0 saturated heterocycles. The number of rotatable bonds is 7. The van der Waals surface area contributed by atoms with E-state index in [0.29, 0.717) is 18.0 Å². The Labute approximate surface area is 183 Å². The quantitative estimate of drug-likeness (QED) is 0.619. The molecule has 0 bridgehead atoms. The van der Waals surface area contributed by atoms with E-state index in [0.717, 1.165) is 36.8 Å². The third-order valence-electron chi connectivity index (χ3n) is 6.27. The van der Waals surface area contributed by atoms with Crippen LogP contribution in [0.3, 0.4) is 0 Å². The van der Waals surface area contributed by atoms with Crippen molar-refractivity contribution in [3.05, 3.63) is 95.6 Å². The largest absolute Gasteiger partial charge is 0.388 e. The van der Waals surface area contributed by atoms with Gasteiger partial charge in [0.1, 0.15) is 0 Å². The van der Waals surface area contributed by atoms with Crippen LogP contribution >= 0.6 is 0 Å². The zero-order valence-electron chi connectivity index (χ0n) is 17.9. The van der Waals surface area contributed by atoms with Crippen molar-refractivity contribution in [2.24, 2.45) is 11.8 Å². The topological polar surface area (TPSA) is 66.3 Å². The van der Waals surface area contributed by atoms with Crippen molar-refractivity contribution in [3.8, 4) is 0 Å². The van der Waals surface area contributed by atoms with E-state index in [1.54, 1.807) is 29.7 Å². The van der Waals surface area contributed by atoms with Crippen LogP contribution in [0.5, 0.6) is 0 Å². The maximum absolute atomic E-state index is 12.7. The van der Waals surface area contributed by atoms with Gasteiger partial charge in [-0.3, -0.25) is 14.8 Å². The highest BCUT2D eigenvalue weighted by Crippen LogP contribution is 2.40. The normalized spacial score (nSPS) is 19.2. The van der Waals surface area contributed by atoms with Crippen LogP contribution in [0.15, 0.2) is 73.3 Å². The highest BCUT2D eigenvalue weighted by molar-refractivity contribution is 5.94. The average molecular weight is 416 g/mol. The lowest BCUT2D eigenvalue weighted by molar-refractivity contribution is 0.0785. The molecule has 4 rings (SSSR count).